The van der Waals surface area contributed by atoms with Crippen molar-refractivity contribution in [1.82, 2.24) is 10.2 Å². The summed E-state index contributed by atoms with van der Waals surface area (Å²) in [7, 11) is 1.55. The molecule has 0 aliphatic carbocycles. The third-order valence-corrected chi connectivity index (χ3v) is 4.75. The Kier molecular flexibility index (Phi) is 4.81. The molecule has 0 aromatic heterocycles. The Morgan fingerprint density at radius 1 is 1.19 bits per heavy atom. The Bertz CT molecular complexity index is 896. The summed E-state index contributed by atoms with van der Waals surface area (Å²) in [6, 6.07) is 12.3. The van der Waals surface area contributed by atoms with E-state index in [2.05, 4.69) is 5.32 Å². The summed E-state index contributed by atoms with van der Waals surface area (Å²) in [6.07, 6.45) is 0.370. The van der Waals surface area contributed by atoms with E-state index in [0.29, 0.717) is 23.3 Å². The highest BCUT2D eigenvalue weighted by Gasteiger charge is 2.51. The number of nitro groups is 1. The number of methoxy groups -OCH3 is 1. The lowest BCUT2D eigenvalue weighted by atomic mass is 9.87. The lowest BCUT2D eigenvalue weighted by molar-refractivity contribution is -0.384. The van der Waals surface area contributed by atoms with Gasteiger partial charge >= 0.3 is 6.03 Å². The van der Waals surface area contributed by atoms with E-state index in [1.807, 2.05) is 6.92 Å². The van der Waals surface area contributed by atoms with E-state index in [4.69, 9.17) is 4.74 Å². The molecule has 0 saturated carbocycles. The maximum absolute atomic E-state index is 13.1. The number of carbonyl (C=O) groups is 2. The molecule has 1 N–H and O–H groups in total. The van der Waals surface area contributed by atoms with Crippen LogP contribution in [0.2, 0.25) is 0 Å². The van der Waals surface area contributed by atoms with E-state index in [1.165, 1.54) is 18.2 Å². The van der Waals surface area contributed by atoms with Crippen LogP contribution in [0.3, 0.4) is 0 Å². The highest BCUT2D eigenvalue weighted by Crippen LogP contribution is 2.34. The molecular formula is C19H19N3O5. The first-order valence-corrected chi connectivity index (χ1v) is 8.43. The number of hydrogen-bond acceptors (Lipinski definition) is 5. The number of urea groups is 1. The monoisotopic (exact) mass is 369 g/mol. The summed E-state index contributed by atoms with van der Waals surface area (Å²) in [5.74, 6) is 0.266. The van der Waals surface area contributed by atoms with Crippen LogP contribution in [0.1, 0.15) is 24.5 Å². The van der Waals surface area contributed by atoms with Crippen molar-refractivity contribution in [3.8, 4) is 5.75 Å². The minimum absolute atomic E-state index is 0.0374. The maximum atomic E-state index is 13.1. The van der Waals surface area contributed by atoms with Crippen molar-refractivity contribution in [2.75, 3.05) is 7.11 Å². The Labute approximate surface area is 155 Å². The second-order valence-corrected chi connectivity index (χ2v) is 6.24. The molecular weight excluding hydrogens is 350 g/mol. The Morgan fingerprint density at radius 3 is 2.48 bits per heavy atom. The first-order chi connectivity index (χ1) is 12.9. The van der Waals surface area contributed by atoms with E-state index in [0.717, 1.165) is 4.90 Å². The summed E-state index contributed by atoms with van der Waals surface area (Å²) >= 11 is 0. The third kappa shape index (κ3) is 3.21. The van der Waals surface area contributed by atoms with Gasteiger partial charge in [0.05, 0.1) is 18.6 Å². The zero-order valence-electron chi connectivity index (χ0n) is 15.0. The molecule has 8 nitrogen and oxygen atoms in total. The number of rotatable bonds is 6. The fourth-order valence-corrected chi connectivity index (χ4v) is 3.24. The van der Waals surface area contributed by atoms with E-state index in [-0.39, 0.29) is 18.1 Å². The molecule has 1 fully saturated rings. The average molecular weight is 369 g/mol. The number of imide groups is 1. The second kappa shape index (κ2) is 7.06. The average Bonchev–Trinajstić information content (AvgIpc) is 2.93. The summed E-state index contributed by atoms with van der Waals surface area (Å²) in [4.78, 5) is 37.2. The molecule has 140 valence electrons. The van der Waals surface area contributed by atoms with Gasteiger partial charge in [-0.05, 0) is 29.7 Å². The van der Waals surface area contributed by atoms with Crippen LogP contribution in [0.25, 0.3) is 0 Å². The molecule has 8 heteroatoms. The predicted molar refractivity (Wildman–Crippen MR) is 97.1 cm³/mol. The fourth-order valence-electron chi connectivity index (χ4n) is 3.24. The van der Waals surface area contributed by atoms with Crippen LogP contribution in [0.4, 0.5) is 10.5 Å². The number of hydrogen-bond donors (Lipinski definition) is 1. The summed E-state index contributed by atoms with van der Waals surface area (Å²) in [6.45, 7) is 1.78. The van der Waals surface area contributed by atoms with Crippen LogP contribution >= 0.6 is 0 Å². The highest BCUT2D eigenvalue weighted by atomic mass is 16.6. The molecule has 27 heavy (non-hydrogen) atoms. The molecule has 3 amide bonds. The first-order valence-electron chi connectivity index (χ1n) is 8.43. The molecule has 2 aromatic carbocycles. The van der Waals surface area contributed by atoms with Gasteiger partial charge in [0.15, 0.2) is 0 Å². The zero-order chi connectivity index (χ0) is 19.6. The Morgan fingerprint density at radius 2 is 1.89 bits per heavy atom. The molecule has 0 bridgehead atoms. The minimum atomic E-state index is -1.16. The fraction of sp³-hybridized carbons (Fsp3) is 0.263. The standard InChI is InChI=1S/C19H19N3O5/c1-3-19(14-7-9-16(27-2)10-8-14)17(23)21(18(24)20-19)12-13-5-4-6-15(11-13)22(25)26/h4-11H,3,12H2,1-2H3,(H,20,24). The number of non-ortho nitro benzene ring substituents is 1. The molecule has 1 aliphatic heterocycles. The van der Waals surface area contributed by atoms with Crippen molar-refractivity contribution in [1.29, 1.82) is 0 Å². The summed E-state index contributed by atoms with van der Waals surface area (Å²) < 4.78 is 5.14. The van der Waals surface area contributed by atoms with E-state index < -0.39 is 16.5 Å². The van der Waals surface area contributed by atoms with Gasteiger partial charge in [0, 0.05) is 12.1 Å². The predicted octanol–water partition coefficient (Wildman–Crippen LogP) is 2.96. The third-order valence-electron chi connectivity index (χ3n) is 4.75. The van der Waals surface area contributed by atoms with E-state index >= 15 is 0 Å². The highest BCUT2D eigenvalue weighted by molar-refractivity contribution is 6.07. The molecule has 1 atom stereocenters. The smallest absolute Gasteiger partial charge is 0.325 e. The van der Waals surface area contributed by atoms with Crippen molar-refractivity contribution in [2.45, 2.75) is 25.4 Å². The molecule has 1 aliphatic rings. The van der Waals surface area contributed by atoms with Crippen LogP contribution in [0.15, 0.2) is 48.5 Å². The number of nitro benzene ring substituents is 1. The number of amides is 3. The second-order valence-electron chi connectivity index (χ2n) is 6.24. The first kappa shape index (κ1) is 18.4. The van der Waals surface area contributed by atoms with Crippen LogP contribution in [-0.4, -0.2) is 28.9 Å². The SMILES string of the molecule is CCC1(c2ccc(OC)cc2)NC(=O)N(Cc2cccc([N+](=O)[O-])c2)C1=O. The molecule has 1 unspecified atom stereocenters. The molecule has 0 radical (unpaired) electrons. The molecule has 2 aromatic rings. The van der Waals surface area contributed by atoms with Crippen molar-refractivity contribution in [3.05, 3.63) is 69.8 Å². The van der Waals surface area contributed by atoms with Crippen LogP contribution in [0, 0.1) is 10.1 Å². The van der Waals surface area contributed by atoms with Gasteiger partial charge in [-0.15, -0.1) is 0 Å². The molecule has 3 rings (SSSR count). The van der Waals surface area contributed by atoms with E-state index in [9.17, 15) is 19.7 Å². The lowest BCUT2D eigenvalue weighted by Crippen LogP contribution is -2.43. The molecule has 1 saturated heterocycles. The number of carbonyl (C=O) groups excluding carboxylic acids is 2. The summed E-state index contributed by atoms with van der Waals surface area (Å²) in [5.41, 5.74) is -0.0825. The van der Waals surface area contributed by atoms with Crippen LogP contribution in [0.5, 0.6) is 5.75 Å². The largest absolute Gasteiger partial charge is 0.497 e. The molecule has 0 spiro atoms. The number of benzene rings is 2. The van der Waals surface area contributed by atoms with Gasteiger partial charge < -0.3 is 10.1 Å². The van der Waals surface area contributed by atoms with E-state index in [1.54, 1.807) is 37.4 Å². The van der Waals surface area contributed by atoms with Crippen molar-refractivity contribution in [3.63, 3.8) is 0 Å². The van der Waals surface area contributed by atoms with Crippen LogP contribution in [-0.2, 0) is 16.9 Å². The van der Waals surface area contributed by atoms with Gasteiger partial charge in [-0.3, -0.25) is 19.8 Å². The van der Waals surface area contributed by atoms with Gasteiger partial charge in [-0.1, -0.05) is 31.2 Å². The van der Waals surface area contributed by atoms with Gasteiger partial charge in [0.2, 0.25) is 0 Å². The number of nitrogens with zero attached hydrogens (tertiary/aromatic N) is 2. The summed E-state index contributed by atoms with van der Waals surface area (Å²) in [5, 5.41) is 13.7. The van der Waals surface area contributed by atoms with Gasteiger partial charge in [-0.2, -0.15) is 0 Å². The Balaban J connectivity index is 1.90. The zero-order valence-corrected chi connectivity index (χ0v) is 15.0. The van der Waals surface area contributed by atoms with Crippen molar-refractivity contribution < 1.29 is 19.2 Å². The Hall–Kier alpha value is -3.42. The maximum Gasteiger partial charge on any atom is 0.325 e. The van der Waals surface area contributed by atoms with Gasteiger partial charge in [0.25, 0.3) is 11.6 Å². The normalized spacial score (nSPS) is 19.1. The quantitative estimate of drug-likeness (QED) is 0.479. The minimum Gasteiger partial charge on any atom is -0.497 e. The van der Waals surface area contributed by atoms with Gasteiger partial charge in [0.1, 0.15) is 11.3 Å². The van der Waals surface area contributed by atoms with Gasteiger partial charge in [-0.25, -0.2) is 4.79 Å². The molecule has 1 heterocycles. The topological polar surface area (TPSA) is 102 Å². The van der Waals surface area contributed by atoms with Crippen molar-refractivity contribution >= 4 is 17.6 Å². The number of ether oxygens (including phenoxy) is 1. The number of nitrogens with one attached hydrogen (secondary N) is 1. The van der Waals surface area contributed by atoms with Crippen molar-refractivity contribution in [2.24, 2.45) is 0 Å². The lowest BCUT2D eigenvalue weighted by Gasteiger charge is -2.26. The van der Waals surface area contributed by atoms with Crippen LogP contribution < -0.4 is 10.1 Å².